The number of aromatic nitrogens is 2. The molecular formula is C19H24N4O7S. The molecule has 0 saturated carbocycles. The second-order valence-electron chi connectivity index (χ2n) is 7.12. The van der Waals surface area contributed by atoms with Crippen molar-refractivity contribution in [2.24, 2.45) is 0 Å². The van der Waals surface area contributed by atoms with Gasteiger partial charge in [0.1, 0.15) is 0 Å². The first-order valence-corrected chi connectivity index (χ1v) is 10.9. The van der Waals surface area contributed by atoms with Crippen LogP contribution in [0.4, 0.5) is 5.95 Å². The summed E-state index contributed by atoms with van der Waals surface area (Å²) in [5, 5.41) is 0. The lowest BCUT2D eigenvalue weighted by Gasteiger charge is -2.34. The summed E-state index contributed by atoms with van der Waals surface area (Å²) in [5.74, 6) is 2.36. The summed E-state index contributed by atoms with van der Waals surface area (Å²) < 4.78 is 42.4. The van der Waals surface area contributed by atoms with Gasteiger partial charge in [-0.15, -0.1) is 0 Å². The van der Waals surface area contributed by atoms with Gasteiger partial charge in [-0.25, -0.2) is 9.97 Å². The summed E-state index contributed by atoms with van der Waals surface area (Å²) >= 11 is 0. The minimum Gasteiger partial charge on any atom is -0.454 e. The van der Waals surface area contributed by atoms with Crippen LogP contribution >= 0.6 is 0 Å². The third-order valence-electron chi connectivity index (χ3n) is 4.84. The highest BCUT2D eigenvalue weighted by Crippen LogP contribution is 2.32. The zero-order chi connectivity index (χ0) is 22.6. The van der Waals surface area contributed by atoms with E-state index in [-0.39, 0.29) is 5.78 Å². The Hall–Kier alpha value is -2.80. The van der Waals surface area contributed by atoms with E-state index in [1.54, 1.807) is 13.1 Å². The van der Waals surface area contributed by atoms with Gasteiger partial charge < -0.3 is 14.4 Å². The lowest BCUT2D eigenvalue weighted by molar-refractivity contribution is 0.101. The molecule has 1 saturated heterocycles. The number of anilines is 1. The number of carbonyl (C=O) groups is 1. The van der Waals surface area contributed by atoms with Crippen LogP contribution in [0, 0.1) is 6.92 Å². The number of Topliss-reactive ketones (excluding diaryl/α,β-unsaturated/α-hetero) is 1. The van der Waals surface area contributed by atoms with Crippen molar-refractivity contribution in [2.45, 2.75) is 20.4 Å². The second kappa shape index (κ2) is 9.56. The summed E-state index contributed by atoms with van der Waals surface area (Å²) in [6, 6.07) is 6.12. The van der Waals surface area contributed by atoms with E-state index in [9.17, 15) is 4.79 Å². The minimum absolute atomic E-state index is 0.00240. The number of carbonyl (C=O) groups excluding carboxylic acids is 1. The Morgan fingerprint density at radius 3 is 2.39 bits per heavy atom. The summed E-state index contributed by atoms with van der Waals surface area (Å²) in [5.41, 5.74) is 2.56. The van der Waals surface area contributed by atoms with E-state index >= 15 is 0 Å². The molecule has 0 amide bonds. The maximum absolute atomic E-state index is 11.5. The van der Waals surface area contributed by atoms with Crippen molar-refractivity contribution in [3.8, 4) is 11.5 Å². The van der Waals surface area contributed by atoms with Crippen molar-refractivity contribution in [1.82, 2.24) is 14.9 Å². The topological polar surface area (TPSA) is 142 Å². The maximum atomic E-state index is 11.5. The van der Waals surface area contributed by atoms with Gasteiger partial charge in [0.25, 0.3) is 0 Å². The van der Waals surface area contributed by atoms with Crippen molar-refractivity contribution in [3.63, 3.8) is 0 Å². The second-order valence-corrected chi connectivity index (χ2v) is 8.02. The number of benzene rings is 1. The van der Waals surface area contributed by atoms with E-state index in [0.717, 1.165) is 49.9 Å². The number of fused-ring (bicyclic) bond motifs is 1. The highest BCUT2D eigenvalue weighted by Gasteiger charge is 2.21. The Bertz CT molecular complexity index is 1050. The Morgan fingerprint density at radius 1 is 1.13 bits per heavy atom. The highest BCUT2D eigenvalue weighted by molar-refractivity contribution is 7.79. The first-order valence-electron chi connectivity index (χ1n) is 9.50. The lowest BCUT2D eigenvalue weighted by Crippen LogP contribution is -2.46. The number of piperazine rings is 1. The van der Waals surface area contributed by atoms with E-state index in [2.05, 4.69) is 31.9 Å². The summed E-state index contributed by atoms with van der Waals surface area (Å²) in [4.78, 5) is 25.0. The molecule has 168 valence electrons. The van der Waals surface area contributed by atoms with Gasteiger partial charge in [0, 0.05) is 38.9 Å². The fraction of sp³-hybridized carbons (Fsp3) is 0.421. The normalized spacial score (nSPS) is 15.9. The van der Waals surface area contributed by atoms with E-state index in [0.29, 0.717) is 18.3 Å². The molecule has 1 fully saturated rings. The van der Waals surface area contributed by atoms with Crippen LogP contribution in [0.25, 0.3) is 0 Å². The number of nitrogens with zero attached hydrogens (tertiary/aromatic N) is 4. The van der Waals surface area contributed by atoms with E-state index in [1.807, 2.05) is 13.0 Å². The van der Waals surface area contributed by atoms with Crippen LogP contribution in [-0.2, 0) is 16.9 Å². The number of ketones is 1. The molecule has 2 aromatic rings. The zero-order valence-corrected chi connectivity index (χ0v) is 18.0. The first-order chi connectivity index (χ1) is 14.6. The van der Waals surface area contributed by atoms with Crippen LogP contribution in [0.2, 0.25) is 0 Å². The number of hydrogen-bond acceptors (Lipinski definition) is 9. The largest absolute Gasteiger partial charge is 0.454 e. The molecule has 11 nitrogen and oxygen atoms in total. The van der Waals surface area contributed by atoms with Crippen molar-refractivity contribution >= 4 is 22.1 Å². The van der Waals surface area contributed by atoms with Crippen molar-refractivity contribution in [3.05, 3.63) is 41.2 Å². The molecule has 0 spiro atoms. The highest BCUT2D eigenvalue weighted by atomic mass is 32.3. The third-order valence-corrected chi connectivity index (χ3v) is 4.84. The van der Waals surface area contributed by atoms with Crippen molar-refractivity contribution < 1.29 is 31.8 Å². The predicted molar refractivity (Wildman–Crippen MR) is 111 cm³/mol. The average molecular weight is 452 g/mol. The van der Waals surface area contributed by atoms with Gasteiger partial charge in [-0.2, -0.15) is 8.42 Å². The average Bonchev–Trinajstić information content (AvgIpc) is 3.15. The molecule has 2 N–H and O–H groups in total. The molecule has 0 radical (unpaired) electrons. The third kappa shape index (κ3) is 6.59. The van der Waals surface area contributed by atoms with Crippen molar-refractivity contribution in [1.29, 1.82) is 0 Å². The lowest BCUT2D eigenvalue weighted by atomic mass is 10.1. The predicted octanol–water partition coefficient (Wildman–Crippen LogP) is 1.39. The number of aryl methyl sites for hydroxylation is 1. The first kappa shape index (κ1) is 22.9. The van der Waals surface area contributed by atoms with Gasteiger partial charge in [0.05, 0.1) is 11.3 Å². The molecule has 1 aromatic carbocycles. The molecule has 4 rings (SSSR count). The Balaban J connectivity index is 0.000000491. The van der Waals surface area contributed by atoms with Gasteiger partial charge in [0.15, 0.2) is 17.3 Å². The van der Waals surface area contributed by atoms with Gasteiger partial charge in [-0.1, -0.05) is 6.07 Å². The Labute approximate surface area is 180 Å². The molecule has 1 aromatic heterocycles. The summed E-state index contributed by atoms with van der Waals surface area (Å²) in [7, 11) is -4.67. The van der Waals surface area contributed by atoms with E-state index in [1.165, 1.54) is 5.56 Å². The molecule has 0 unspecified atom stereocenters. The molecule has 12 heteroatoms. The van der Waals surface area contributed by atoms with Crippen LogP contribution in [0.5, 0.6) is 11.5 Å². The molecule has 0 bridgehead atoms. The Morgan fingerprint density at radius 2 is 1.77 bits per heavy atom. The minimum atomic E-state index is -4.67. The number of hydrogen-bond donors (Lipinski definition) is 2. The summed E-state index contributed by atoms with van der Waals surface area (Å²) in [6.45, 7) is 8.19. The van der Waals surface area contributed by atoms with E-state index in [4.69, 9.17) is 27.0 Å². The molecule has 31 heavy (non-hydrogen) atoms. The van der Waals surface area contributed by atoms with Crippen LogP contribution < -0.4 is 14.4 Å². The fourth-order valence-corrected chi connectivity index (χ4v) is 3.36. The number of ether oxygens (including phenoxy) is 2. The zero-order valence-electron chi connectivity index (χ0n) is 17.2. The Kier molecular flexibility index (Phi) is 7.05. The summed E-state index contributed by atoms with van der Waals surface area (Å²) in [6.07, 6.45) is 1.64. The van der Waals surface area contributed by atoms with Gasteiger partial charge in [0.2, 0.25) is 12.7 Å². The SMILES string of the molecule is CC(=O)c1cnc(N2CCN(Cc3ccc4c(c3)OCO4)CC2)nc1C.O=S(=O)(O)O. The molecule has 0 aliphatic carbocycles. The molecule has 2 aliphatic rings. The van der Waals surface area contributed by atoms with Crippen LogP contribution in [0.15, 0.2) is 24.4 Å². The van der Waals surface area contributed by atoms with E-state index < -0.39 is 10.4 Å². The standard InChI is InChI=1S/C19H22N4O3.H2O4S/c1-13-16(14(2)24)10-20-19(21-13)23-7-5-22(6-8-23)11-15-3-4-17-18(9-15)26-12-25-17;1-5(2,3)4/h3-4,9-10H,5-8,11-12H2,1-2H3;(H2,1,2,3,4). The fourth-order valence-electron chi connectivity index (χ4n) is 3.36. The van der Waals surface area contributed by atoms with Crippen LogP contribution in [0.3, 0.4) is 0 Å². The maximum Gasteiger partial charge on any atom is 0.394 e. The molecular weight excluding hydrogens is 428 g/mol. The smallest absolute Gasteiger partial charge is 0.394 e. The molecule has 3 heterocycles. The monoisotopic (exact) mass is 452 g/mol. The number of rotatable bonds is 4. The van der Waals surface area contributed by atoms with Crippen LogP contribution in [0.1, 0.15) is 28.5 Å². The quantitative estimate of drug-likeness (QED) is 0.513. The molecule has 2 aliphatic heterocycles. The van der Waals surface area contributed by atoms with Crippen LogP contribution in [-0.4, -0.2) is 71.1 Å². The van der Waals surface area contributed by atoms with Gasteiger partial charge >= 0.3 is 10.4 Å². The van der Waals surface area contributed by atoms with Gasteiger partial charge in [-0.05, 0) is 31.5 Å². The van der Waals surface area contributed by atoms with Gasteiger partial charge in [-0.3, -0.25) is 18.8 Å². The van der Waals surface area contributed by atoms with Crippen molar-refractivity contribution in [2.75, 3.05) is 37.9 Å². The molecule has 0 atom stereocenters.